The summed E-state index contributed by atoms with van der Waals surface area (Å²) >= 11 is 0. The van der Waals surface area contributed by atoms with Crippen LogP contribution in [0.5, 0.6) is 5.75 Å². The second-order valence-corrected chi connectivity index (χ2v) is 6.15. The molecule has 0 aromatic heterocycles. The molecule has 1 amide bonds. The number of ether oxygens (including phenoxy) is 2. The molecule has 0 aliphatic carbocycles. The lowest BCUT2D eigenvalue weighted by Crippen LogP contribution is -2.41. The summed E-state index contributed by atoms with van der Waals surface area (Å²) in [4.78, 5) is 25.0. The molecule has 24 heavy (non-hydrogen) atoms. The van der Waals surface area contributed by atoms with E-state index in [4.69, 9.17) is 9.47 Å². The highest BCUT2D eigenvalue weighted by atomic mass is 16.5. The Kier molecular flexibility index (Phi) is 4.42. The van der Waals surface area contributed by atoms with E-state index in [1.54, 1.807) is 18.9 Å². The molecule has 0 fully saturated rings. The summed E-state index contributed by atoms with van der Waals surface area (Å²) in [6.07, 6.45) is 0. The molecule has 2 aromatic rings. The molecule has 0 spiro atoms. The van der Waals surface area contributed by atoms with Crippen molar-refractivity contribution in [2.24, 2.45) is 5.92 Å². The van der Waals surface area contributed by atoms with Crippen LogP contribution in [-0.2, 0) is 14.3 Å². The summed E-state index contributed by atoms with van der Waals surface area (Å²) < 4.78 is 11.1. The van der Waals surface area contributed by atoms with Crippen molar-refractivity contribution in [3.63, 3.8) is 0 Å². The summed E-state index contributed by atoms with van der Waals surface area (Å²) in [6, 6.07) is 11.8. The van der Waals surface area contributed by atoms with Crippen LogP contribution < -0.4 is 4.74 Å². The van der Waals surface area contributed by atoms with E-state index in [-0.39, 0.29) is 30.4 Å². The first kappa shape index (κ1) is 16.3. The predicted molar refractivity (Wildman–Crippen MR) is 90.8 cm³/mol. The zero-order valence-electron chi connectivity index (χ0n) is 14.1. The van der Waals surface area contributed by atoms with Gasteiger partial charge >= 0.3 is 5.97 Å². The Morgan fingerprint density at radius 3 is 2.67 bits per heavy atom. The fourth-order valence-electron chi connectivity index (χ4n) is 3.30. The normalized spacial score (nSPS) is 19.3. The molecule has 0 unspecified atom stereocenters. The highest BCUT2D eigenvalue weighted by Gasteiger charge is 2.37. The number of hydrogen-bond donors (Lipinski definition) is 0. The summed E-state index contributed by atoms with van der Waals surface area (Å²) in [7, 11) is 1.78. The summed E-state index contributed by atoms with van der Waals surface area (Å²) in [5.74, 6) is 0.309. The van der Waals surface area contributed by atoms with Crippen LogP contribution in [0.1, 0.15) is 25.5 Å². The van der Waals surface area contributed by atoms with E-state index >= 15 is 0 Å². The van der Waals surface area contributed by atoms with Gasteiger partial charge < -0.3 is 14.4 Å². The highest BCUT2D eigenvalue weighted by molar-refractivity contribution is 5.89. The third-order valence-corrected chi connectivity index (χ3v) is 4.54. The number of esters is 1. The average molecular weight is 327 g/mol. The van der Waals surface area contributed by atoms with Crippen LogP contribution >= 0.6 is 0 Å². The first-order valence-corrected chi connectivity index (χ1v) is 8.00. The molecule has 1 aliphatic heterocycles. The minimum atomic E-state index is -0.331. The van der Waals surface area contributed by atoms with E-state index in [1.807, 2.05) is 36.4 Å². The van der Waals surface area contributed by atoms with Crippen LogP contribution in [0.2, 0.25) is 0 Å². The quantitative estimate of drug-likeness (QED) is 0.813. The van der Waals surface area contributed by atoms with Gasteiger partial charge in [0.2, 0.25) is 5.91 Å². The predicted octanol–water partition coefficient (Wildman–Crippen LogP) is 2.93. The fraction of sp³-hybridized carbons (Fsp3) is 0.368. The van der Waals surface area contributed by atoms with E-state index in [9.17, 15) is 9.59 Å². The van der Waals surface area contributed by atoms with Gasteiger partial charge in [-0.2, -0.15) is 0 Å². The molecule has 0 saturated carbocycles. The summed E-state index contributed by atoms with van der Waals surface area (Å²) in [5, 5.41) is 2.15. The van der Waals surface area contributed by atoms with Crippen molar-refractivity contribution in [1.82, 2.24) is 4.90 Å². The molecule has 1 aliphatic rings. The molecule has 2 atom stereocenters. The molecule has 5 nitrogen and oxygen atoms in total. The first-order valence-electron chi connectivity index (χ1n) is 8.00. The van der Waals surface area contributed by atoms with Gasteiger partial charge in [0.25, 0.3) is 0 Å². The van der Waals surface area contributed by atoms with Crippen molar-refractivity contribution >= 4 is 22.6 Å². The Morgan fingerprint density at radius 2 is 1.96 bits per heavy atom. The van der Waals surface area contributed by atoms with Crippen molar-refractivity contribution in [1.29, 1.82) is 0 Å². The summed E-state index contributed by atoms with van der Waals surface area (Å²) in [6.45, 7) is 3.56. The lowest BCUT2D eigenvalue weighted by molar-refractivity contribution is -0.144. The smallest absolute Gasteiger partial charge is 0.302 e. The lowest BCUT2D eigenvalue weighted by Gasteiger charge is -2.39. The number of benzene rings is 2. The Bertz CT molecular complexity index is 786. The molecule has 5 heteroatoms. The van der Waals surface area contributed by atoms with Gasteiger partial charge in [0, 0.05) is 26.5 Å². The van der Waals surface area contributed by atoms with Crippen LogP contribution in [0.4, 0.5) is 0 Å². The lowest BCUT2D eigenvalue weighted by atomic mass is 9.86. The highest BCUT2D eigenvalue weighted by Crippen LogP contribution is 2.43. The summed E-state index contributed by atoms with van der Waals surface area (Å²) in [5.41, 5.74) is 0.981. The van der Waals surface area contributed by atoms with Gasteiger partial charge in [-0.1, -0.05) is 30.3 Å². The molecule has 1 heterocycles. The van der Waals surface area contributed by atoms with Crippen LogP contribution in [0.25, 0.3) is 10.8 Å². The van der Waals surface area contributed by atoms with Crippen molar-refractivity contribution in [2.75, 3.05) is 20.3 Å². The number of nitrogens with zero attached hydrogens (tertiary/aromatic N) is 1. The SMILES string of the molecule is CC(=O)OC[C@@H]1COc2ccc3ccccc3c2[C@@H]1N(C)C(C)=O. The topological polar surface area (TPSA) is 55.8 Å². The third-order valence-electron chi connectivity index (χ3n) is 4.54. The largest absolute Gasteiger partial charge is 0.493 e. The van der Waals surface area contributed by atoms with Gasteiger partial charge in [-0.15, -0.1) is 0 Å². The first-order chi connectivity index (χ1) is 11.5. The Labute approximate surface area is 141 Å². The maximum absolute atomic E-state index is 12.0. The van der Waals surface area contributed by atoms with Gasteiger partial charge in [-0.25, -0.2) is 0 Å². The van der Waals surface area contributed by atoms with Crippen molar-refractivity contribution in [3.8, 4) is 5.75 Å². The fourth-order valence-corrected chi connectivity index (χ4v) is 3.30. The van der Waals surface area contributed by atoms with E-state index in [1.165, 1.54) is 6.92 Å². The van der Waals surface area contributed by atoms with Gasteiger partial charge in [0.15, 0.2) is 0 Å². The molecule has 0 radical (unpaired) electrons. The second-order valence-electron chi connectivity index (χ2n) is 6.15. The average Bonchev–Trinajstić information content (AvgIpc) is 2.58. The minimum absolute atomic E-state index is 0.0337. The number of hydrogen-bond acceptors (Lipinski definition) is 4. The zero-order chi connectivity index (χ0) is 17.3. The Morgan fingerprint density at radius 1 is 1.21 bits per heavy atom. The van der Waals surface area contributed by atoms with Gasteiger partial charge in [-0.3, -0.25) is 9.59 Å². The van der Waals surface area contributed by atoms with Gasteiger partial charge in [0.05, 0.1) is 25.2 Å². The van der Waals surface area contributed by atoms with Crippen LogP contribution in [-0.4, -0.2) is 37.0 Å². The number of carbonyl (C=O) groups excluding carboxylic acids is 2. The zero-order valence-corrected chi connectivity index (χ0v) is 14.1. The van der Waals surface area contributed by atoms with Crippen LogP contribution in [0.3, 0.4) is 0 Å². The molecular weight excluding hydrogens is 306 g/mol. The van der Waals surface area contributed by atoms with Crippen molar-refractivity contribution < 1.29 is 19.1 Å². The molecule has 3 rings (SSSR count). The Hall–Kier alpha value is -2.56. The molecule has 126 valence electrons. The minimum Gasteiger partial charge on any atom is -0.493 e. The monoisotopic (exact) mass is 327 g/mol. The third kappa shape index (κ3) is 2.94. The van der Waals surface area contributed by atoms with E-state index in [0.29, 0.717) is 6.61 Å². The molecule has 2 aromatic carbocycles. The second kappa shape index (κ2) is 6.51. The van der Waals surface area contributed by atoms with E-state index < -0.39 is 0 Å². The molecule has 0 N–H and O–H groups in total. The van der Waals surface area contributed by atoms with E-state index in [2.05, 4.69) is 0 Å². The van der Waals surface area contributed by atoms with Gasteiger partial charge in [0.1, 0.15) is 5.75 Å². The standard InChI is InChI=1S/C19H21NO4/c1-12(21)20(3)19-15(10-23-13(2)22)11-24-17-9-8-14-6-4-5-7-16(14)18(17)19/h4-9,15,19H,10-11H2,1-3H3/t15-,19-/m1/s1. The molecule has 0 saturated heterocycles. The van der Waals surface area contributed by atoms with Crippen molar-refractivity contribution in [3.05, 3.63) is 42.0 Å². The van der Waals surface area contributed by atoms with Crippen LogP contribution in [0.15, 0.2) is 36.4 Å². The van der Waals surface area contributed by atoms with Gasteiger partial charge in [-0.05, 0) is 16.8 Å². The van der Waals surface area contributed by atoms with Crippen LogP contribution in [0, 0.1) is 5.92 Å². The number of amides is 1. The van der Waals surface area contributed by atoms with E-state index in [0.717, 1.165) is 22.1 Å². The number of rotatable bonds is 3. The number of fused-ring (bicyclic) bond motifs is 3. The number of carbonyl (C=O) groups is 2. The maximum Gasteiger partial charge on any atom is 0.302 e. The maximum atomic E-state index is 12.0. The Balaban J connectivity index is 2.11. The molecular formula is C19H21NO4. The molecule has 0 bridgehead atoms. The van der Waals surface area contributed by atoms with Crippen molar-refractivity contribution in [2.45, 2.75) is 19.9 Å².